The summed E-state index contributed by atoms with van der Waals surface area (Å²) in [5, 5.41) is 0.656. The lowest BCUT2D eigenvalue weighted by Crippen LogP contribution is -2.63. The van der Waals surface area contributed by atoms with Crippen LogP contribution in [0.2, 0.25) is 0 Å². The number of para-hydroxylation sites is 1. The molecule has 0 radical (unpaired) electrons. The zero-order chi connectivity index (χ0) is 29.0. The zero-order valence-electron chi connectivity index (χ0n) is 22.0. The number of rotatable bonds is 8. The van der Waals surface area contributed by atoms with Gasteiger partial charge in [0.2, 0.25) is 12.4 Å². The van der Waals surface area contributed by atoms with Gasteiger partial charge in [0.05, 0.1) is 15.8 Å². The summed E-state index contributed by atoms with van der Waals surface area (Å²) in [6.07, 6.45) is -6.47. The molecule has 1 aliphatic heterocycles. The molecule has 1 aliphatic rings. The van der Waals surface area contributed by atoms with E-state index in [1.807, 2.05) is 30.3 Å². The molecule has 0 amide bonds. The van der Waals surface area contributed by atoms with Crippen LogP contribution in [-0.4, -0.2) is 66.2 Å². The minimum absolute atomic E-state index is 0.322. The molecule has 4 rings (SSSR count). The third-order valence-electron chi connectivity index (χ3n) is 5.66. The molecule has 0 bridgehead atoms. The van der Waals surface area contributed by atoms with Crippen molar-refractivity contribution >= 4 is 61.4 Å². The van der Waals surface area contributed by atoms with Crippen molar-refractivity contribution in [3.05, 3.63) is 46.9 Å². The highest BCUT2D eigenvalue weighted by Gasteiger charge is 2.53. The van der Waals surface area contributed by atoms with E-state index in [1.54, 1.807) is 12.1 Å². The van der Waals surface area contributed by atoms with Gasteiger partial charge in [-0.2, -0.15) is 0 Å². The van der Waals surface area contributed by atoms with E-state index in [0.29, 0.717) is 16.3 Å². The van der Waals surface area contributed by atoms with Crippen molar-refractivity contribution in [1.29, 1.82) is 0 Å². The fourth-order valence-corrected chi connectivity index (χ4v) is 5.52. The minimum atomic E-state index is -1.37. The number of halogens is 1. The number of nitrogens with zero attached hydrogens (tertiary/aromatic N) is 1. The van der Waals surface area contributed by atoms with Crippen LogP contribution in [-0.2, 0) is 42.9 Å². The van der Waals surface area contributed by atoms with Crippen molar-refractivity contribution in [2.45, 2.75) is 58.4 Å². The maximum Gasteiger partial charge on any atom is 0.303 e. The van der Waals surface area contributed by atoms with Crippen LogP contribution in [0.5, 0.6) is 5.75 Å². The molecule has 0 spiro atoms. The monoisotopic (exact) mass is 635 g/mol. The molecule has 0 N–H and O–H groups in total. The lowest BCUT2D eigenvalue weighted by molar-refractivity contribution is -0.288. The van der Waals surface area contributed by atoms with Crippen molar-refractivity contribution in [2.24, 2.45) is 0 Å². The molecular formula is C27H26BrNO10S. The lowest BCUT2D eigenvalue weighted by atomic mass is 9.98. The number of fused-ring (bicyclic) bond motifs is 1. The van der Waals surface area contributed by atoms with E-state index >= 15 is 0 Å². The summed E-state index contributed by atoms with van der Waals surface area (Å²) < 4.78 is 35.6. The molecule has 1 saturated heterocycles. The van der Waals surface area contributed by atoms with Crippen molar-refractivity contribution < 1.29 is 47.6 Å². The molecule has 40 heavy (non-hydrogen) atoms. The smallest absolute Gasteiger partial charge is 0.303 e. The topological polar surface area (TPSA) is 137 Å². The third kappa shape index (κ3) is 7.14. The van der Waals surface area contributed by atoms with E-state index in [-0.39, 0.29) is 6.61 Å². The summed E-state index contributed by atoms with van der Waals surface area (Å²) >= 11 is 4.94. The molecule has 11 nitrogen and oxygen atoms in total. The number of hydrogen-bond acceptors (Lipinski definition) is 12. The quantitative estimate of drug-likeness (QED) is 0.260. The summed E-state index contributed by atoms with van der Waals surface area (Å²) in [4.78, 5) is 52.5. The van der Waals surface area contributed by atoms with Crippen molar-refractivity contribution in [3.63, 3.8) is 0 Å². The number of carbonyl (C=O) groups excluding carboxylic acids is 4. The number of benzene rings is 2. The van der Waals surface area contributed by atoms with Crippen LogP contribution in [0.3, 0.4) is 0 Å². The summed E-state index contributed by atoms with van der Waals surface area (Å²) in [6.45, 7) is 4.32. The molecule has 0 saturated carbocycles. The van der Waals surface area contributed by atoms with Crippen LogP contribution in [0.1, 0.15) is 27.7 Å². The van der Waals surface area contributed by atoms with E-state index < -0.39 is 54.6 Å². The van der Waals surface area contributed by atoms with Gasteiger partial charge < -0.3 is 28.4 Å². The summed E-state index contributed by atoms with van der Waals surface area (Å²) in [5.41, 5.74) is 1.42. The first kappa shape index (κ1) is 29.4. The van der Waals surface area contributed by atoms with Gasteiger partial charge in [-0.25, -0.2) is 4.98 Å². The Bertz CT molecular complexity index is 1390. The zero-order valence-corrected chi connectivity index (χ0v) is 24.4. The van der Waals surface area contributed by atoms with E-state index in [2.05, 4.69) is 15.9 Å². The predicted molar refractivity (Wildman–Crippen MR) is 145 cm³/mol. The van der Waals surface area contributed by atoms with Gasteiger partial charge in [0.15, 0.2) is 12.2 Å². The van der Waals surface area contributed by atoms with Crippen LogP contribution in [0.4, 0.5) is 0 Å². The highest BCUT2D eigenvalue weighted by Crippen LogP contribution is 2.39. The van der Waals surface area contributed by atoms with E-state index in [1.165, 1.54) is 25.2 Å². The van der Waals surface area contributed by atoms with Crippen molar-refractivity contribution in [3.8, 4) is 16.3 Å². The fraction of sp³-hybridized carbons (Fsp3) is 0.370. The maximum atomic E-state index is 12.1. The van der Waals surface area contributed by atoms with Crippen LogP contribution in [0.15, 0.2) is 46.9 Å². The van der Waals surface area contributed by atoms with Crippen molar-refractivity contribution in [1.82, 2.24) is 4.98 Å². The van der Waals surface area contributed by atoms with E-state index in [0.717, 1.165) is 28.5 Å². The average Bonchev–Trinajstić information content (AvgIpc) is 3.31. The molecule has 5 atom stereocenters. The molecule has 0 unspecified atom stereocenters. The Morgan fingerprint density at radius 3 is 2.17 bits per heavy atom. The number of aromatic nitrogens is 1. The molecule has 1 fully saturated rings. The van der Waals surface area contributed by atoms with E-state index in [4.69, 9.17) is 33.4 Å². The van der Waals surface area contributed by atoms with Gasteiger partial charge >= 0.3 is 23.9 Å². The van der Waals surface area contributed by atoms with Gasteiger partial charge in [0.25, 0.3) is 0 Å². The Morgan fingerprint density at radius 2 is 1.52 bits per heavy atom. The molecule has 1 aromatic heterocycles. The molecular weight excluding hydrogens is 610 g/mol. The van der Waals surface area contributed by atoms with Gasteiger partial charge in [-0.3, -0.25) is 19.2 Å². The third-order valence-corrected chi connectivity index (χ3v) is 7.22. The molecule has 13 heteroatoms. The second kappa shape index (κ2) is 12.7. The van der Waals surface area contributed by atoms with E-state index in [9.17, 15) is 19.2 Å². The highest BCUT2D eigenvalue weighted by molar-refractivity contribution is 9.10. The predicted octanol–water partition coefficient (Wildman–Crippen LogP) is 4.19. The number of ether oxygens (including phenoxy) is 6. The number of thiazole rings is 1. The standard InChI is InChI=1S/C27H26BrNO10S/c1-13(30)34-12-21-23(35-14(2)31)24(36-15(3)32)25(37-16(4)33)27(39-21)38-20-10-9-17(28)11-18(20)26-29-19-7-5-6-8-22(19)40-26/h5-11,21,23-25,27H,12H2,1-4H3/t21-,23-,24+,25-,27-/m1/s1. The van der Waals surface area contributed by atoms with Gasteiger partial charge in [-0.15, -0.1) is 11.3 Å². The van der Waals surface area contributed by atoms with Gasteiger partial charge in [-0.05, 0) is 30.3 Å². The molecule has 0 aliphatic carbocycles. The molecule has 2 aromatic carbocycles. The average molecular weight is 636 g/mol. The van der Waals surface area contributed by atoms with Gasteiger partial charge in [0, 0.05) is 32.2 Å². The SMILES string of the molecule is CC(=O)OC[C@H]1O[C@@H](Oc2ccc(Br)cc2-c2nc3ccccc3s2)[C@H](OC(C)=O)[C@@H](OC(C)=O)[C@@H]1OC(C)=O. The minimum Gasteiger partial charge on any atom is -0.463 e. The second-order valence-electron chi connectivity index (χ2n) is 8.81. The first-order chi connectivity index (χ1) is 19.0. The first-order valence-electron chi connectivity index (χ1n) is 12.1. The van der Waals surface area contributed by atoms with Crippen molar-refractivity contribution in [2.75, 3.05) is 6.61 Å². The largest absolute Gasteiger partial charge is 0.463 e. The Balaban J connectivity index is 1.76. The van der Waals surface area contributed by atoms with Gasteiger partial charge in [-0.1, -0.05) is 28.1 Å². The molecule has 212 valence electrons. The molecule has 2 heterocycles. The maximum absolute atomic E-state index is 12.1. The summed E-state index contributed by atoms with van der Waals surface area (Å²) in [6, 6.07) is 12.9. The summed E-state index contributed by atoms with van der Waals surface area (Å²) in [5.74, 6) is -2.46. The summed E-state index contributed by atoms with van der Waals surface area (Å²) in [7, 11) is 0. The van der Waals surface area contributed by atoms with Crippen LogP contribution in [0.25, 0.3) is 20.8 Å². The Morgan fingerprint density at radius 1 is 0.875 bits per heavy atom. The Labute approximate surface area is 241 Å². The van der Waals surface area contributed by atoms with Crippen LogP contribution < -0.4 is 4.74 Å². The first-order valence-corrected chi connectivity index (χ1v) is 13.8. The number of esters is 4. The van der Waals surface area contributed by atoms with Crippen LogP contribution in [0, 0.1) is 0 Å². The van der Waals surface area contributed by atoms with Crippen LogP contribution >= 0.6 is 27.3 Å². The van der Waals surface area contributed by atoms with Gasteiger partial charge in [0.1, 0.15) is 23.5 Å². The molecule has 3 aromatic rings. The number of carbonyl (C=O) groups is 4. The lowest BCUT2D eigenvalue weighted by Gasteiger charge is -2.44. The highest BCUT2D eigenvalue weighted by atomic mass is 79.9. The fourth-order valence-electron chi connectivity index (χ4n) is 4.17. The second-order valence-corrected chi connectivity index (χ2v) is 10.8. The number of hydrogen-bond donors (Lipinski definition) is 0. The normalized spacial score (nSPS) is 22.3. The Kier molecular flexibility index (Phi) is 9.38. The Hall–Kier alpha value is -3.55.